The third-order valence-corrected chi connectivity index (χ3v) is 7.96. The van der Waals surface area contributed by atoms with Gasteiger partial charge in [0, 0.05) is 17.3 Å². The summed E-state index contributed by atoms with van der Waals surface area (Å²) in [6.45, 7) is 0. The Hall–Kier alpha value is -3.84. The van der Waals surface area contributed by atoms with E-state index in [9.17, 15) is 0 Å². The Labute approximate surface area is 188 Å². The zero-order valence-electron chi connectivity index (χ0n) is 17.6. The molecule has 4 aromatic rings. The van der Waals surface area contributed by atoms with E-state index in [1.54, 1.807) is 0 Å². The predicted octanol–water partition coefficient (Wildman–Crippen LogP) is 7.46. The molecule has 0 saturated carbocycles. The Morgan fingerprint density at radius 2 is 1.22 bits per heavy atom. The van der Waals surface area contributed by atoms with Crippen LogP contribution < -0.4 is 4.90 Å². The van der Waals surface area contributed by atoms with Crippen molar-refractivity contribution < 1.29 is 0 Å². The van der Waals surface area contributed by atoms with E-state index < -0.39 is 0 Å². The average molecular weight is 408 g/mol. The van der Waals surface area contributed by atoms with Crippen molar-refractivity contribution in [2.45, 2.75) is 17.8 Å². The lowest BCUT2D eigenvalue weighted by Gasteiger charge is -2.45. The zero-order valence-corrected chi connectivity index (χ0v) is 17.6. The first-order chi connectivity index (χ1) is 15.9. The van der Waals surface area contributed by atoms with Crippen molar-refractivity contribution in [3.63, 3.8) is 0 Å². The molecular weight excluding hydrogens is 386 g/mol. The van der Waals surface area contributed by atoms with Crippen LogP contribution in [0.15, 0.2) is 120 Å². The second-order valence-electron chi connectivity index (χ2n) is 9.24. The van der Waals surface area contributed by atoms with Crippen molar-refractivity contribution >= 4 is 11.4 Å². The van der Waals surface area contributed by atoms with E-state index in [2.05, 4.69) is 114 Å². The van der Waals surface area contributed by atoms with E-state index in [0.29, 0.717) is 5.92 Å². The lowest BCUT2D eigenvalue weighted by molar-refractivity contribution is 0.686. The summed E-state index contributed by atoms with van der Waals surface area (Å²) in [4.78, 5) is 2.56. The Morgan fingerprint density at radius 3 is 1.97 bits per heavy atom. The number of benzene rings is 4. The molecule has 0 radical (unpaired) electrons. The van der Waals surface area contributed by atoms with Gasteiger partial charge in [-0.3, -0.25) is 0 Å². The van der Waals surface area contributed by atoms with Crippen LogP contribution >= 0.6 is 0 Å². The summed E-state index contributed by atoms with van der Waals surface area (Å²) in [6, 6.07) is 36.2. The quantitative estimate of drug-likeness (QED) is 0.292. The topological polar surface area (TPSA) is 3.24 Å². The summed E-state index contributed by atoms with van der Waals surface area (Å²) in [7, 11) is 0. The fourth-order valence-electron chi connectivity index (χ4n) is 6.90. The van der Waals surface area contributed by atoms with Crippen LogP contribution in [0.25, 0.3) is 11.1 Å². The maximum Gasteiger partial charge on any atom is 0.0751 e. The number of fused-ring (bicyclic) bond motifs is 12. The van der Waals surface area contributed by atoms with Crippen molar-refractivity contribution in [3.05, 3.63) is 143 Å². The lowest BCUT2D eigenvalue weighted by Crippen LogP contribution is -2.38. The summed E-state index contributed by atoms with van der Waals surface area (Å²) in [5.74, 6) is 0.413. The lowest BCUT2D eigenvalue weighted by atomic mass is 9.62. The summed E-state index contributed by atoms with van der Waals surface area (Å²) in [6.07, 6.45) is 5.90. The number of hydrogen-bond acceptors (Lipinski definition) is 1. The minimum atomic E-state index is -0.271. The molecule has 0 fully saturated rings. The molecule has 2 heterocycles. The van der Waals surface area contributed by atoms with E-state index >= 15 is 0 Å². The number of anilines is 2. The molecule has 32 heavy (non-hydrogen) atoms. The molecule has 1 nitrogen and oxygen atoms in total. The first-order valence-electron chi connectivity index (χ1n) is 11.5. The minimum Gasteiger partial charge on any atom is -0.313 e. The molecule has 0 N–H and O–H groups in total. The summed E-state index contributed by atoms with van der Waals surface area (Å²) < 4.78 is 0. The molecule has 4 aromatic carbocycles. The van der Waals surface area contributed by atoms with E-state index in [4.69, 9.17) is 0 Å². The van der Waals surface area contributed by atoms with E-state index in [-0.39, 0.29) is 5.41 Å². The molecule has 4 aliphatic rings. The molecule has 150 valence electrons. The largest absolute Gasteiger partial charge is 0.313 e. The van der Waals surface area contributed by atoms with Gasteiger partial charge in [0.1, 0.15) is 0 Å². The van der Waals surface area contributed by atoms with Crippen LogP contribution in [0.5, 0.6) is 0 Å². The summed E-state index contributed by atoms with van der Waals surface area (Å²) in [5.41, 5.74) is 13.7. The van der Waals surface area contributed by atoms with Gasteiger partial charge in [0.15, 0.2) is 0 Å². The smallest absolute Gasteiger partial charge is 0.0751 e. The second kappa shape index (κ2) is 5.69. The predicted molar refractivity (Wildman–Crippen MR) is 130 cm³/mol. The SMILES string of the molecule is C1=CC2=C3C(C1)c1ccccc1N3c1ccccc1C21c2ccccc2-c2ccccc21. The van der Waals surface area contributed by atoms with E-state index in [1.165, 1.54) is 56.0 Å². The first kappa shape index (κ1) is 16.8. The number of para-hydroxylation sites is 2. The van der Waals surface area contributed by atoms with E-state index in [1.807, 2.05) is 0 Å². The van der Waals surface area contributed by atoms with Gasteiger partial charge in [-0.2, -0.15) is 0 Å². The van der Waals surface area contributed by atoms with Crippen molar-refractivity contribution in [2.75, 3.05) is 4.90 Å². The Kier molecular flexibility index (Phi) is 2.99. The standard InChI is InChI=1S/C31H21N/c1-4-14-24-20(10-1)21-11-2-5-15-25(21)31(24)26-16-6-8-19-29(26)32-28-18-7-3-12-22(28)23-13-9-17-27(31)30(23)32/h1-12,14-19,23H,13H2. The molecule has 2 aliphatic carbocycles. The van der Waals surface area contributed by atoms with Gasteiger partial charge < -0.3 is 4.90 Å². The maximum absolute atomic E-state index is 2.56. The normalized spacial score (nSPS) is 20.0. The van der Waals surface area contributed by atoms with Crippen LogP contribution in [0.1, 0.15) is 34.6 Å². The van der Waals surface area contributed by atoms with Crippen LogP contribution in [0, 0.1) is 0 Å². The first-order valence-corrected chi connectivity index (χ1v) is 11.5. The fraction of sp³-hybridized carbons (Fsp3) is 0.0968. The number of hydrogen-bond donors (Lipinski definition) is 0. The highest BCUT2D eigenvalue weighted by Crippen LogP contribution is 2.66. The van der Waals surface area contributed by atoms with Crippen LogP contribution in [-0.4, -0.2) is 0 Å². The maximum atomic E-state index is 2.56. The van der Waals surface area contributed by atoms with Gasteiger partial charge in [-0.15, -0.1) is 0 Å². The molecule has 0 aromatic heterocycles. The Morgan fingerprint density at radius 1 is 0.625 bits per heavy atom. The molecule has 1 atom stereocenters. The average Bonchev–Trinajstić information content (AvgIpc) is 3.35. The van der Waals surface area contributed by atoms with Gasteiger partial charge in [0.05, 0.1) is 11.1 Å². The number of rotatable bonds is 0. The van der Waals surface area contributed by atoms with Gasteiger partial charge >= 0.3 is 0 Å². The molecule has 0 bridgehead atoms. The number of allylic oxidation sites excluding steroid dienone is 4. The zero-order chi connectivity index (χ0) is 20.9. The Bertz CT molecular complexity index is 1470. The highest BCUT2D eigenvalue weighted by Gasteiger charge is 2.55. The van der Waals surface area contributed by atoms with Crippen LogP contribution in [0.4, 0.5) is 11.4 Å². The molecule has 8 rings (SSSR count). The molecule has 2 aliphatic heterocycles. The third-order valence-electron chi connectivity index (χ3n) is 7.96. The highest BCUT2D eigenvalue weighted by molar-refractivity contribution is 5.94. The van der Waals surface area contributed by atoms with Crippen LogP contribution in [0.3, 0.4) is 0 Å². The molecular formula is C31H21N. The molecule has 1 unspecified atom stereocenters. The highest BCUT2D eigenvalue weighted by atomic mass is 15.2. The van der Waals surface area contributed by atoms with Crippen LogP contribution in [-0.2, 0) is 5.41 Å². The van der Waals surface area contributed by atoms with Crippen molar-refractivity contribution in [1.82, 2.24) is 0 Å². The fourth-order valence-corrected chi connectivity index (χ4v) is 6.90. The summed E-state index contributed by atoms with van der Waals surface area (Å²) in [5, 5.41) is 0. The van der Waals surface area contributed by atoms with E-state index in [0.717, 1.165) is 6.42 Å². The Balaban J connectivity index is 1.60. The van der Waals surface area contributed by atoms with Crippen molar-refractivity contribution in [1.29, 1.82) is 0 Å². The molecule has 1 heteroatoms. The minimum absolute atomic E-state index is 0.271. The number of nitrogens with zero attached hydrogens (tertiary/aromatic N) is 1. The van der Waals surface area contributed by atoms with Gasteiger partial charge in [-0.1, -0.05) is 97.1 Å². The van der Waals surface area contributed by atoms with Crippen molar-refractivity contribution in [2.24, 2.45) is 0 Å². The van der Waals surface area contributed by atoms with Crippen molar-refractivity contribution in [3.8, 4) is 11.1 Å². The van der Waals surface area contributed by atoms with Gasteiger partial charge in [-0.25, -0.2) is 0 Å². The second-order valence-corrected chi connectivity index (χ2v) is 9.24. The van der Waals surface area contributed by atoms with Gasteiger partial charge in [0.2, 0.25) is 0 Å². The van der Waals surface area contributed by atoms with Gasteiger partial charge in [0.25, 0.3) is 0 Å². The van der Waals surface area contributed by atoms with Crippen LogP contribution in [0.2, 0.25) is 0 Å². The molecule has 0 saturated heterocycles. The third kappa shape index (κ3) is 1.72. The monoisotopic (exact) mass is 407 g/mol. The summed E-state index contributed by atoms with van der Waals surface area (Å²) >= 11 is 0. The molecule has 1 spiro atoms. The van der Waals surface area contributed by atoms with Gasteiger partial charge in [-0.05, 0) is 57.5 Å². The molecule has 0 amide bonds.